The molecule has 4 bridgehead atoms. The maximum atomic E-state index is 11.9. The summed E-state index contributed by atoms with van der Waals surface area (Å²) in [7, 11) is 1.92. The van der Waals surface area contributed by atoms with Crippen molar-refractivity contribution in [2.75, 3.05) is 13.6 Å². The van der Waals surface area contributed by atoms with Crippen molar-refractivity contribution in [3.05, 3.63) is 0 Å². The fourth-order valence-corrected chi connectivity index (χ4v) is 5.11. The Bertz CT molecular complexity index is 370. The second-order valence-corrected chi connectivity index (χ2v) is 7.03. The molecule has 0 unspecified atom stereocenters. The molecule has 4 rings (SSSR count). The van der Waals surface area contributed by atoms with Gasteiger partial charge in [0.15, 0.2) is 0 Å². The van der Waals surface area contributed by atoms with Crippen molar-refractivity contribution in [2.24, 2.45) is 29.6 Å². The standard InChI is InChI=1S/C16H24N2O/c1-18(16(19)3-2-4-17)10-15-13-6-11-5-12(8-13)9-14(15)7-11/h11-15H,2-3,5-10H2,1H3. The number of hydrogen-bond donors (Lipinski definition) is 0. The summed E-state index contributed by atoms with van der Waals surface area (Å²) in [6.07, 6.45) is 7.88. The summed E-state index contributed by atoms with van der Waals surface area (Å²) < 4.78 is 0. The van der Waals surface area contributed by atoms with Gasteiger partial charge in [-0.3, -0.25) is 4.79 Å². The predicted molar refractivity (Wildman–Crippen MR) is 73.0 cm³/mol. The molecular formula is C16H24N2O. The van der Waals surface area contributed by atoms with E-state index in [1.54, 1.807) is 0 Å². The lowest BCUT2D eigenvalue weighted by Gasteiger charge is -2.55. The largest absolute Gasteiger partial charge is 0.345 e. The van der Waals surface area contributed by atoms with Crippen LogP contribution in [0.5, 0.6) is 0 Å². The zero-order valence-corrected chi connectivity index (χ0v) is 11.8. The lowest BCUT2D eigenvalue weighted by molar-refractivity contribution is -0.132. The van der Waals surface area contributed by atoms with Gasteiger partial charge in [-0.15, -0.1) is 0 Å². The van der Waals surface area contributed by atoms with Gasteiger partial charge >= 0.3 is 0 Å². The van der Waals surface area contributed by atoms with Crippen LogP contribution in [0.4, 0.5) is 0 Å². The molecule has 104 valence electrons. The van der Waals surface area contributed by atoms with Gasteiger partial charge in [-0.05, 0) is 61.7 Å². The number of carbonyl (C=O) groups excluding carboxylic acids is 1. The summed E-state index contributed by atoms with van der Waals surface area (Å²) in [6, 6.07) is 2.06. The quantitative estimate of drug-likeness (QED) is 0.780. The van der Waals surface area contributed by atoms with Crippen LogP contribution in [0, 0.1) is 40.9 Å². The Morgan fingerprint density at radius 3 is 2.26 bits per heavy atom. The molecule has 3 heteroatoms. The van der Waals surface area contributed by atoms with E-state index in [9.17, 15) is 4.79 Å². The molecule has 3 nitrogen and oxygen atoms in total. The van der Waals surface area contributed by atoms with Gasteiger partial charge in [0.25, 0.3) is 0 Å². The van der Waals surface area contributed by atoms with Crippen LogP contribution in [0.3, 0.4) is 0 Å². The third kappa shape index (κ3) is 2.50. The first-order chi connectivity index (χ1) is 9.17. The van der Waals surface area contributed by atoms with E-state index in [1.807, 2.05) is 11.9 Å². The number of carbonyl (C=O) groups is 1. The lowest BCUT2D eigenvalue weighted by atomic mass is 9.52. The van der Waals surface area contributed by atoms with Gasteiger partial charge in [-0.1, -0.05) is 0 Å². The van der Waals surface area contributed by atoms with Crippen LogP contribution in [-0.2, 0) is 4.79 Å². The summed E-state index contributed by atoms with van der Waals surface area (Å²) in [5.74, 6) is 4.64. The molecule has 0 spiro atoms. The maximum Gasteiger partial charge on any atom is 0.223 e. The highest BCUT2D eigenvalue weighted by Gasteiger charge is 2.48. The molecule has 4 fully saturated rings. The Morgan fingerprint density at radius 2 is 1.74 bits per heavy atom. The van der Waals surface area contributed by atoms with Gasteiger partial charge in [-0.25, -0.2) is 0 Å². The molecule has 0 aromatic carbocycles. The van der Waals surface area contributed by atoms with E-state index in [0.717, 1.165) is 36.1 Å². The second-order valence-electron chi connectivity index (χ2n) is 7.03. The number of rotatable bonds is 4. The minimum absolute atomic E-state index is 0.148. The predicted octanol–water partition coefficient (Wildman–Crippen LogP) is 2.82. The van der Waals surface area contributed by atoms with E-state index in [4.69, 9.17) is 5.26 Å². The maximum absolute atomic E-state index is 11.9. The van der Waals surface area contributed by atoms with Crippen molar-refractivity contribution in [2.45, 2.75) is 44.9 Å². The van der Waals surface area contributed by atoms with Gasteiger partial charge in [0.05, 0.1) is 6.07 Å². The van der Waals surface area contributed by atoms with Crippen molar-refractivity contribution in [1.29, 1.82) is 5.26 Å². The van der Waals surface area contributed by atoms with Gasteiger partial charge in [0.2, 0.25) is 5.91 Å². The summed E-state index contributed by atoms with van der Waals surface area (Å²) in [6.45, 7) is 0.930. The molecule has 0 atom stereocenters. The molecule has 0 aliphatic heterocycles. The van der Waals surface area contributed by atoms with Crippen LogP contribution in [0.2, 0.25) is 0 Å². The van der Waals surface area contributed by atoms with Crippen LogP contribution in [-0.4, -0.2) is 24.4 Å². The molecule has 0 heterocycles. The minimum atomic E-state index is 0.148. The van der Waals surface area contributed by atoms with E-state index >= 15 is 0 Å². The third-order valence-corrected chi connectivity index (χ3v) is 5.78. The number of nitrogens with zero attached hydrogens (tertiary/aromatic N) is 2. The normalized spacial score (nSPS) is 39.1. The van der Waals surface area contributed by atoms with Crippen molar-refractivity contribution in [1.82, 2.24) is 4.90 Å². The molecule has 1 amide bonds. The number of hydrogen-bond acceptors (Lipinski definition) is 2. The van der Waals surface area contributed by atoms with Gasteiger partial charge in [-0.2, -0.15) is 5.26 Å². The molecule has 0 aromatic heterocycles. The first-order valence-corrected chi connectivity index (χ1v) is 7.78. The van der Waals surface area contributed by atoms with E-state index in [-0.39, 0.29) is 5.91 Å². The van der Waals surface area contributed by atoms with E-state index in [1.165, 1.54) is 32.1 Å². The average Bonchev–Trinajstić information content (AvgIpc) is 2.39. The lowest BCUT2D eigenvalue weighted by Crippen LogP contribution is -2.49. The molecular weight excluding hydrogens is 236 g/mol. The van der Waals surface area contributed by atoms with Crippen LogP contribution < -0.4 is 0 Å². The SMILES string of the molecule is CN(CC1C2CC3CC(C2)CC1C3)C(=O)CCC#N. The highest BCUT2D eigenvalue weighted by Crippen LogP contribution is 2.56. The molecule has 4 saturated carbocycles. The Hall–Kier alpha value is -1.04. The van der Waals surface area contributed by atoms with E-state index in [0.29, 0.717) is 12.8 Å². The average molecular weight is 260 g/mol. The van der Waals surface area contributed by atoms with Crippen LogP contribution in [0.1, 0.15) is 44.9 Å². The third-order valence-electron chi connectivity index (χ3n) is 5.78. The van der Waals surface area contributed by atoms with Crippen molar-refractivity contribution >= 4 is 5.91 Å². The Morgan fingerprint density at radius 1 is 1.16 bits per heavy atom. The molecule has 0 aromatic rings. The second kappa shape index (κ2) is 5.15. The van der Waals surface area contributed by atoms with E-state index < -0.39 is 0 Å². The smallest absolute Gasteiger partial charge is 0.223 e. The van der Waals surface area contributed by atoms with E-state index in [2.05, 4.69) is 6.07 Å². The highest BCUT2D eigenvalue weighted by molar-refractivity contribution is 5.76. The molecule has 4 aliphatic carbocycles. The van der Waals surface area contributed by atoms with Gasteiger partial charge in [0, 0.05) is 26.4 Å². The monoisotopic (exact) mass is 260 g/mol. The Labute approximate surface area is 116 Å². The number of nitriles is 1. The summed E-state index contributed by atoms with van der Waals surface area (Å²) in [5, 5.41) is 8.56. The van der Waals surface area contributed by atoms with Crippen LogP contribution in [0.25, 0.3) is 0 Å². The zero-order chi connectivity index (χ0) is 13.4. The van der Waals surface area contributed by atoms with Crippen molar-refractivity contribution < 1.29 is 4.79 Å². The first kappa shape index (κ1) is 13.0. The van der Waals surface area contributed by atoms with Crippen LogP contribution in [0.15, 0.2) is 0 Å². The fraction of sp³-hybridized carbons (Fsp3) is 0.875. The van der Waals surface area contributed by atoms with Gasteiger partial charge < -0.3 is 4.90 Å². The topological polar surface area (TPSA) is 44.1 Å². The number of amides is 1. The summed E-state index contributed by atoms with van der Waals surface area (Å²) in [5.41, 5.74) is 0. The molecule has 19 heavy (non-hydrogen) atoms. The van der Waals surface area contributed by atoms with Crippen LogP contribution >= 0.6 is 0 Å². The molecule has 0 N–H and O–H groups in total. The summed E-state index contributed by atoms with van der Waals surface area (Å²) >= 11 is 0. The molecule has 0 radical (unpaired) electrons. The highest BCUT2D eigenvalue weighted by atomic mass is 16.2. The summed E-state index contributed by atoms with van der Waals surface area (Å²) in [4.78, 5) is 13.8. The first-order valence-electron chi connectivity index (χ1n) is 7.78. The van der Waals surface area contributed by atoms with Gasteiger partial charge in [0.1, 0.15) is 0 Å². The molecule has 0 saturated heterocycles. The fourth-order valence-electron chi connectivity index (χ4n) is 5.11. The molecule has 4 aliphatic rings. The Kier molecular flexibility index (Phi) is 3.52. The van der Waals surface area contributed by atoms with Crippen molar-refractivity contribution in [3.8, 4) is 6.07 Å². The van der Waals surface area contributed by atoms with Crippen molar-refractivity contribution in [3.63, 3.8) is 0 Å². The Balaban J connectivity index is 1.58. The zero-order valence-electron chi connectivity index (χ0n) is 11.8. The minimum Gasteiger partial charge on any atom is -0.345 e.